The summed E-state index contributed by atoms with van der Waals surface area (Å²) >= 11 is 1.35. The second-order valence-corrected chi connectivity index (χ2v) is 6.34. The van der Waals surface area contributed by atoms with Crippen LogP contribution >= 0.6 is 11.8 Å². The third-order valence-corrected chi connectivity index (χ3v) is 4.39. The van der Waals surface area contributed by atoms with Crippen molar-refractivity contribution in [1.29, 1.82) is 0 Å². The van der Waals surface area contributed by atoms with Crippen molar-refractivity contribution in [1.82, 2.24) is 9.66 Å². The molecular weight excluding hydrogens is 338 g/mol. The number of nitro groups is 1. The predicted molar refractivity (Wildman–Crippen MR) is 98.0 cm³/mol. The number of imidazole rings is 1. The SMILES string of the molecule is Cc1cn(N=Cc2ccc(Sc3ccccc3)c([N+](=O)[O-])c2)c(N)n1. The average Bonchev–Trinajstić information content (AvgIpc) is 2.92. The van der Waals surface area contributed by atoms with E-state index >= 15 is 0 Å². The van der Waals surface area contributed by atoms with Gasteiger partial charge in [-0.15, -0.1) is 0 Å². The van der Waals surface area contributed by atoms with Gasteiger partial charge in [0.05, 0.1) is 27.9 Å². The monoisotopic (exact) mass is 353 g/mol. The van der Waals surface area contributed by atoms with Gasteiger partial charge in [0.25, 0.3) is 5.69 Å². The Kier molecular flexibility index (Phi) is 4.80. The Morgan fingerprint density at radius 2 is 2.04 bits per heavy atom. The molecule has 0 radical (unpaired) electrons. The van der Waals surface area contributed by atoms with E-state index in [0.717, 1.165) is 10.6 Å². The van der Waals surface area contributed by atoms with E-state index in [1.54, 1.807) is 18.3 Å². The Hall–Kier alpha value is -3.13. The van der Waals surface area contributed by atoms with Gasteiger partial charge in [0.2, 0.25) is 5.95 Å². The highest BCUT2D eigenvalue weighted by molar-refractivity contribution is 7.99. The van der Waals surface area contributed by atoms with Crippen molar-refractivity contribution in [3.8, 4) is 0 Å². The van der Waals surface area contributed by atoms with Crippen LogP contribution < -0.4 is 5.73 Å². The van der Waals surface area contributed by atoms with Gasteiger partial charge in [0.1, 0.15) is 0 Å². The molecule has 0 unspecified atom stereocenters. The lowest BCUT2D eigenvalue weighted by Gasteiger charge is -2.04. The third kappa shape index (κ3) is 4.04. The highest BCUT2D eigenvalue weighted by Gasteiger charge is 2.15. The summed E-state index contributed by atoms with van der Waals surface area (Å²) in [5, 5.41) is 15.6. The Labute approximate surface area is 148 Å². The zero-order chi connectivity index (χ0) is 17.8. The first-order valence-electron chi connectivity index (χ1n) is 7.40. The molecule has 0 spiro atoms. The molecule has 0 aliphatic rings. The van der Waals surface area contributed by atoms with Gasteiger partial charge < -0.3 is 5.73 Å². The number of anilines is 1. The third-order valence-electron chi connectivity index (χ3n) is 3.32. The highest BCUT2D eigenvalue weighted by Crippen LogP contribution is 2.34. The van der Waals surface area contributed by atoms with Gasteiger partial charge in [-0.05, 0) is 25.1 Å². The lowest BCUT2D eigenvalue weighted by molar-refractivity contribution is -0.387. The topological polar surface area (TPSA) is 99.3 Å². The molecule has 1 aromatic heterocycles. The minimum atomic E-state index is -0.391. The molecule has 2 N–H and O–H groups in total. The normalized spacial score (nSPS) is 11.1. The van der Waals surface area contributed by atoms with Crippen LogP contribution in [0.5, 0.6) is 0 Å². The van der Waals surface area contributed by atoms with Crippen molar-refractivity contribution in [2.24, 2.45) is 5.10 Å². The molecule has 0 amide bonds. The van der Waals surface area contributed by atoms with Crippen LogP contribution in [0.1, 0.15) is 11.3 Å². The fourth-order valence-corrected chi connectivity index (χ4v) is 3.11. The van der Waals surface area contributed by atoms with E-state index in [2.05, 4.69) is 10.1 Å². The number of nitro benzene ring substituents is 1. The van der Waals surface area contributed by atoms with Crippen LogP contribution in [0.2, 0.25) is 0 Å². The molecule has 25 heavy (non-hydrogen) atoms. The first-order chi connectivity index (χ1) is 12.0. The molecule has 3 rings (SSSR count). The van der Waals surface area contributed by atoms with Crippen molar-refractivity contribution in [3.05, 3.63) is 76.1 Å². The summed E-state index contributed by atoms with van der Waals surface area (Å²) in [7, 11) is 0. The molecule has 0 saturated carbocycles. The van der Waals surface area contributed by atoms with E-state index < -0.39 is 4.92 Å². The molecule has 0 bridgehead atoms. The van der Waals surface area contributed by atoms with E-state index in [4.69, 9.17) is 5.73 Å². The molecule has 0 atom stereocenters. The summed E-state index contributed by atoms with van der Waals surface area (Å²) in [5.74, 6) is 0.263. The quantitative estimate of drug-likeness (QED) is 0.428. The summed E-state index contributed by atoms with van der Waals surface area (Å²) in [5.41, 5.74) is 7.11. The first kappa shape index (κ1) is 16.7. The standard InChI is InChI=1S/C17H15N5O2S/c1-12-11-21(17(18)20-12)19-10-13-7-8-16(15(9-13)22(23)24)25-14-5-3-2-4-6-14/h2-11H,1H3,(H2,18,20). The molecule has 2 aromatic carbocycles. The lowest BCUT2D eigenvalue weighted by atomic mass is 10.2. The lowest BCUT2D eigenvalue weighted by Crippen LogP contribution is -1.98. The van der Waals surface area contributed by atoms with Crippen molar-refractivity contribution >= 4 is 29.6 Å². The van der Waals surface area contributed by atoms with Gasteiger partial charge in [-0.2, -0.15) is 5.10 Å². The maximum Gasteiger partial charge on any atom is 0.283 e. The van der Waals surface area contributed by atoms with Gasteiger partial charge in [0, 0.05) is 16.5 Å². The molecule has 0 aliphatic carbocycles. The number of rotatable bonds is 5. The summed E-state index contributed by atoms with van der Waals surface area (Å²) in [4.78, 5) is 16.6. The van der Waals surface area contributed by atoms with E-state index in [-0.39, 0.29) is 11.6 Å². The fraction of sp³-hybridized carbons (Fsp3) is 0.0588. The van der Waals surface area contributed by atoms with Crippen LogP contribution in [0.25, 0.3) is 0 Å². The molecule has 7 nitrogen and oxygen atoms in total. The van der Waals surface area contributed by atoms with Crippen molar-refractivity contribution in [2.75, 3.05) is 5.73 Å². The number of benzene rings is 2. The molecule has 1 heterocycles. The molecule has 126 valence electrons. The van der Waals surface area contributed by atoms with Gasteiger partial charge in [-0.1, -0.05) is 36.0 Å². The summed E-state index contributed by atoms with van der Waals surface area (Å²) in [6.45, 7) is 1.81. The second kappa shape index (κ2) is 7.18. The second-order valence-electron chi connectivity index (χ2n) is 5.23. The molecule has 0 aliphatic heterocycles. The Balaban J connectivity index is 1.88. The number of nitrogens with two attached hydrogens (primary N) is 1. The van der Waals surface area contributed by atoms with E-state index in [1.165, 1.54) is 28.7 Å². The number of nitrogens with zero attached hydrogens (tertiary/aromatic N) is 4. The average molecular weight is 353 g/mol. The Morgan fingerprint density at radius 1 is 1.28 bits per heavy atom. The summed E-state index contributed by atoms with van der Waals surface area (Å²) < 4.78 is 1.42. The summed E-state index contributed by atoms with van der Waals surface area (Å²) in [6, 6.07) is 14.5. The largest absolute Gasteiger partial charge is 0.368 e. The predicted octanol–water partition coefficient (Wildman–Crippen LogP) is 3.72. The molecule has 3 aromatic rings. The van der Waals surface area contributed by atoms with E-state index in [1.807, 2.05) is 37.3 Å². The maximum atomic E-state index is 11.4. The molecule has 0 saturated heterocycles. The maximum absolute atomic E-state index is 11.4. The Bertz CT molecular complexity index is 937. The van der Waals surface area contributed by atoms with E-state index in [9.17, 15) is 10.1 Å². The minimum Gasteiger partial charge on any atom is -0.368 e. The zero-order valence-corrected chi connectivity index (χ0v) is 14.2. The van der Waals surface area contributed by atoms with Crippen LogP contribution in [0.4, 0.5) is 11.6 Å². The van der Waals surface area contributed by atoms with Crippen molar-refractivity contribution < 1.29 is 4.92 Å². The molecule has 8 heteroatoms. The van der Waals surface area contributed by atoms with Crippen LogP contribution in [-0.4, -0.2) is 20.8 Å². The van der Waals surface area contributed by atoms with Gasteiger partial charge in [0.15, 0.2) is 0 Å². The van der Waals surface area contributed by atoms with Crippen LogP contribution in [0.15, 0.2) is 69.6 Å². The molecule has 0 fully saturated rings. The minimum absolute atomic E-state index is 0.0348. The van der Waals surface area contributed by atoms with E-state index in [0.29, 0.717) is 10.5 Å². The Morgan fingerprint density at radius 3 is 2.68 bits per heavy atom. The number of hydrogen-bond acceptors (Lipinski definition) is 6. The van der Waals surface area contributed by atoms with Gasteiger partial charge >= 0.3 is 0 Å². The first-order valence-corrected chi connectivity index (χ1v) is 8.22. The smallest absolute Gasteiger partial charge is 0.283 e. The number of nitrogen functional groups attached to an aromatic ring is 1. The van der Waals surface area contributed by atoms with Crippen LogP contribution in [0.3, 0.4) is 0 Å². The molecular formula is C17H15N5O2S. The van der Waals surface area contributed by atoms with Gasteiger partial charge in [-0.25, -0.2) is 9.66 Å². The number of aryl methyl sites for hydroxylation is 1. The van der Waals surface area contributed by atoms with Crippen LogP contribution in [0, 0.1) is 17.0 Å². The van der Waals surface area contributed by atoms with Gasteiger partial charge in [-0.3, -0.25) is 10.1 Å². The number of hydrogen-bond donors (Lipinski definition) is 1. The number of aromatic nitrogens is 2. The van der Waals surface area contributed by atoms with Crippen molar-refractivity contribution in [3.63, 3.8) is 0 Å². The fourth-order valence-electron chi connectivity index (χ4n) is 2.18. The summed E-state index contributed by atoms with van der Waals surface area (Å²) in [6.07, 6.45) is 3.20. The highest BCUT2D eigenvalue weighted by atomic mass is 32.2. The van der Waals surface area contributed by atoms with Crippen LogP contribution in [-0.2, 0) is 0 Å². The van der Waals surface area contributed by atoms with Crippen molar-refractivity contribution in [2.45, 2.75) is 16.7 Å². The zero-order valence-electron chi connectivity index (χ0n) is 13.4.